The van der Waals surface area contributed by atoms with Crippen LogP contribution in [0.1, 0.15) is 33.6 Å². The van der Waals surface area contributed by atoms with E-state index in [1.807, 2.05) is 20.8 Å². The third-order valence-corrected chi connectivity index (χ3v) is 2.83. The summed E-state index contributed by atoms with van der Waals surface area (Å²) in [6.45, 7) is 8.14. The van der Waals surface area contributed by atoms with E-state index < -0.39 is 11.7 Å². The Morgan fingerprint density at radius 3 is 2.50 bits per heavy atom. The Labute approximate surface area is 150 Å². The fourth-order valence-corrected chi connectivity index (χ4v) is 1.90. The van der Waals surface area contributed by atoms with Crippen molar-refractivity contribution in [2.45, 2.75) is 45.3 Å². The van der Waals surface area contributed by atoms with Crippen LogP contribution in [-0.2, 0) is 9.47 Å². The number of guanidine groups is 1. The molecule has 22 heavy (non-hydrogen) atoms. The van der Waals surface area contributed by atoms with Gasteiger partial charge in [-0.3, -0.25) is 4.99 Å². The number of alkyl carbamates (subject to hydrolysis) is 1. The monoisotopic (exact) mass is 428 g/mol. The van der Waals surface area contributed by atoms with Crippen molar-refractivity contribution in [2.75, 3.05) is 33.3 Å². The van der Waals surface area contributed by atoms with Crippen LogP contribution in [0.2, 0.25) is 0 Å². The average Bonchev–Trinajstić information content (AvgIpc) is 2.89. The van der Waals surface area contributed by atoms with Crippen molar-refractivity contribution < 1.29 is 14.3 Å². The third kappa shape index (κ3) is 10.0. The van der Waals surface area contributed by atoms with Gasteiger partial charge in [0.05, 0.1) is 6.10 Å². The topological polar surface area (TPSA) is 84.0 Å². The molecular weight excluding hydrogens is 399 g/mol. The molecule has 3 N–H and O–H groups in total. The third-order valence-electron chi connectivity index (χ3n) is 2.83. The van der Waals surface area contributed by atoms with Crippen LogP contribution in [-0.4, -0.2) is 57.0 Å². The van der Waals surface area contributed by atoms with E-state index in [-0.39, 0.29) is 30.1 Å². The van der Waals surface area contributed by atoms with Gasteiger partial charge in [-0.1, -0.05) is 0 Å². The van der Waals surface area contributed by atoms with Crippen LogP contribution in [0, 0.1) is 0 Å². The summed E-state index contributed by atoms with van der Waals surface area (Å²) < 4.78 is 10.7. The molecule has 0 radical (unpaired) electrons. The number of amides is 1. The van der Waals surface area contributed by atoms with Crippen LogP contribution in [0.3, 0.4) is 0 Å². The van der Waals surface area contributed by atoms with Gasteiger partial charge in [0, 0.05) is 33.3 Å². The fourth-order valence-electron chi connectivity index (χ4n) is 1.90. The number of halogens is 1. The molecule has 130 valence electrons. The minimum absolute atomic E-state index is 0. The van der Waals surface area contributed by atoms with Crippen molar-refractivity contribution >= 4 is 36.0 Å². The summed E-state index contributed by atoms with van der Waals surface area (Å²) in [4.78, 5) is 15.6. The molecule has 1 aliphatic heterocycles. The van der Waals surface area contributed by atoms with Crippen molar-refractivity contribution in [3.8, 4) is 0 Å². The molecule has 0 bridgehead atoms. The summed E-state index contributed by atoms with van der Waals surface area (Å²) in [5.41, 5.74) is -0.476. The first-order chi connectivity index (χ1) is 9.90. The Bertz CT molecular complexity index is 352. The van der Waals surface area contributed by atoms with Crippen LogP contribution in [0.15, 0.2) is 4.99 Å². The fraction of sp³-hybridized carbons (Fsp3) is 0.857. The maximum atomic E-state index is 11.4. The second kappa shape index (κ2) is 10.9. The molecule has 0 saturated carbocycles. The summed E-state index contributed by atoms with van der Waals surface area (Å²) in [6, 6.07) is 0. The Morgan fingerprint density at radius 2 is 1.95 bits per heavy atom. The number of nitrogens with zero attached hydrogens (tertiary/aromatic N) is 1. The lowest BCUT2D eigenvalue weighted by Crippen LogP contribution is -2.44. The van der Waals surface area contributed by atoms with E-state index in [4.69, 9.17) is 9.47 Å². The normalized spacial score (nSPS) is 18.4. The molecule has 1 fully saturated rings. The summed E-state index contributed by atoms with van der Waals surface area (Å²) in [7, 11) is 1.71. The molecule has 1 amide bonds. The zero-order valence-corrected chi connectivity index (χ0v) is 16.2. The molecule has 0 aromatic rings. The van der Waals surface area contributed by atoms with Crippen LogP contribution >= 0.6 is 24.0 Å². The van der Waals surface area contributed by atoms with Gasteiger partial charge < -0.3 is 25.4 Å². The Kier molecular flexibility index (Phi) is 10.5. The SMILES string of the molecule is CN=C(NCCNC(=O)OC(C)(C)C)NCC1CCCO1.I. The highest BCUT2D eigenvalue weighted by Crippen LogP contribution is 2.10. The number of carbonyl (C=O) groups excluding carboxylic acids is 1. The zero-order chi connectivity index (χ0) is 15.7. The standard InChI is InChI=1S/C14H28N4O3.HI/c1-14(2,3)21-13(19)17-8-7-16-12(15-4)18-10-11-6-5-9-20-11;/h11H,5-10H2,1-4H3,(H,17,19)(H2,15,16,18);1H. The summed E-state index contributed by atoms with van der Waals surface area (Å²) >= 11 is 0. The molecule has 1 aliphatic rings. The molecule has 1 rings (SSSR count). The molecule has 1 atom stereocenters. The molecule has 8 heteroatoms. The number of ether oxygens (including phenoxy) is 2. The van der Waals surface area contributed by atoms with E-state index in [1.165, 1.54) is 0 Å². The van der Waals surface area contributed by atoms with E-state index in [1.54, 1.807) is 7.05 Å². The van der Waals surface area contributed by atoms with Gasteiger partial charge in [-0.25, -0.2) is 4.79 Å². The number of aliphatic imine (C=N–C) groups is 1. The minimum atomic E-state index is -0.476. The van der Waals surface area contributed by atoms with Gasteiger partial charge in [-0.05, 0) is 33.6 Å². The van der Waals surface area contributed by atoms with Crippen LogP contribution in [0.5, 0.6) is 0 Å². The second-order valence-corrected chi connectivity index (χ2v) is 5.94. The van der Waals surface area contributed by atoms with E-state index in [0.29, 0.717) is 19.0 Å². The van der Waals surface area contributed by atoms with Crippen molar-refractivity contribution in [1.82, 2.24) is 16.0 Å². The zero-order valence-electron chi connectivity index (χ0n) is 13.9. The highest BCUT2D eigenvalue weighted by Gasteiger charge is 2.16. The number of carbonyl (C=O) groups is 1. The van der Waals surface area contributed by atoms with Gasteiger partial charge in [0.15, 0.2) is 5.96 Å². The maximum absolute atomic E-state index is 11.4. The van der Waals surface area contributed by atoms with Gasteiger partial charge in [-0.15, -0.1) is 24.0 Å². The Morgan fingerprint density at radius 1 is 1.27 bits per heavy atom. The number of nitrogens with one attached hydrogen (secondary N) is 3. The molecule has 1 heterocycles. The Balaban J connectivity index is 0.00000441. The summed E-state index contributed by atoms with van der Waals surface area (Å²) in [5.74, 6) is 0.705. The van der Waals surface area contributed by atoms with Gasteiger partial charge >= 0.3 is 6.09 Å². The van der Waals surface area contributed by atoms with Crippen molar-refractivity contribution in [1.29, 1.82) is 0 Å². The maximum Gasteiger partial charge on any atom is 0.407 e. The summed E-state index contributed by atoms with van der Waals surface area (Å²) in [5, 5.41) is 9.02. The first kappa shape index (κ1) is 21.2. The first-order valence-corrected chi connectivity index (χ1v) is 7.43. The number of hydrogen-bond donors (Lipinski definition) is 3. The first-order valence-electron chi connectivity index (χ1n) is 7.43. The molecule has 1 unspecified atom stereocenters. The predicted molar refractivity (Wildman–Crippen MR) is 98.0 cm³/mol. The average molecular weight is 428 g/mol. The van der Waals surface area contributed by atoms with E-state index >= 15 is 0 Å². The smallest absolute Gasteiger partial charge is 0.407 e. The summed E-state index contributed by atoms with van der Waals surface area (Å²) in [6.07, 6.45) is 2.07. The highest BCUT2D eigenvalue weighted by atomic mass is 127. The van der Waals surface area contributed by atoms with Crippen molar-refractivity contribution in [3.05, 3.63) is 0 Å². The van der Waals surface area contributed by atoms with E-state index in [9.17, 15) is 4.79 Å². The second-order valence-electron chi connectivity index (χ2n) is 5.94. The number of rotatable bonds is 5. The largest absolute Gasteiger partial charge is 0.444 e. The van der Waals surface area contributed by atoms with Crippen LogP contribution in [0.4, 0.5) is 4.79 Å². The van der Waals surface area contributed by atoms with E-state index in [2.05, 4.69) is 20.9 Å². The van der Waals surface area contributed by atoms with E-state index in [0.717, 1.165) is 26.0 Å². The van der Waals surface area contributed by atoms with Crippen LogP contribution < -0.4 is 16.0 Å². The Hall–Kier alpha value is -0.770. The molecule has 0 spiro atoms. The van der Waals surface area contributed by atoms with Crippen molar-refractivity contribution in [2.24, 2.45) is 4.99 Å². The van der Waals surface area contributed by atoms with Crippen LogP contribution in [0.25, 0.3) is 0 Å². The van der Waals surface area contributed by atoms with Crippen molar-refractivity contribution in [3.63, 3.8) is 0 Å². The predicted octanol–water partition coefficient (Wildman–Crippen LogP) is 1.47. The lowest BCUT2D eigenvalue weighted by atomic mass is 10.2. The quantitative estimate of drug-likeness (QED) is 0.267. The molecular formula is C14H29IN4O3. The molecule has 7 nitrogen and oxygen atoms in total. The minimum Gasteiger partial charge on any atom is -0.444 e. The lowest BCUT2D eigenvalue weighted by molar-refractivity contribution is 0.0529. The van der Waals surface area contributed by atoms with Gasteiger partial charge in [0.1, 0.15) is 5.60 Å². The highest BCUT2D eigenvalue weighted by molar-refractivity contribution is 14.0. The van der Waals surface area contributed by atoms with Gasteiger partial charge in [-0.2, -0.15) is 0 Å². The molecule has 0 aromatic carbocycles. The van der Waals surface area contributed by atoms with Gasteiger partial charge in [0.25, 0.3) is 0 Å². The molecule has 0 aromatic heterocycles. The lowest BCUT2D eigenvalue weighted by Gasteiger charge is -2.20. The molecule has 0 aliphatic carbocycles. The van der Waals surface area contributed by atoms with Gasteiger partial charge in [0.2, 0.25) is 0 Å². The number of hydrogen-bond acceptors (Lipinski definition) is 4. The molecule has 1 saturated heterocycles.